The van der Waals surface area contributed by atoms with Crippen LogP contribution in [0.5, 0.6) is 0 Å². The number of rotatable bonds is 4. The van der Waals surface area contributed by atoms with Crippen molar-refractivity contribution in [3.05, 3.63) is 29.8 Å². The molecule has 1 heterocycles. The smallest absolute Gasteiger partial charge is 0.221 e. The van der Waals surface area contributed by atoms with Crippen LogP contribution in [0.1, 0.15) is 33.3 Å². The molecule has 1 aliphatic heterocycles. The number of hydrogen-bond donors (Lipinski definition) is 1. The average Bonchev–Trinajstić information content (AvgIpc) is 2.42. The fourth-order valence-electron chi connectivity index (χ4n) is 3.20. The van der Waals surface area contributed by atoms with Crippen LogP contribution in [0.15, 0.2) is 24.3 Å². The van der Waals surface area contributed by atoms with E-state index in [0.29, 0.717) is 12.1 Å². The van der Waals surface area contributed by atoms with Gasteiger partial charge in [0.05, 0.1) is 0 Å². The Morgan fingerprint density at radius 2 is 1.95 bits per heavy atom. The molecule has 0 aromatic heterocycles. The maximum Gasteiger partial charge on any atom is 0.221 e. The maximum absolute atomic E-state index is 11.2. The lowest BCUT2D eigenvalue weighted by Gasteiger charge is -2.44. The van der Waals surface area contributed by atoms with E-state index in [-0.39, 0.29) is 5.91 Å². The first kappa shape index (κ1) is 16.0. The molecule has 4 nitrogen and oxygen atoms in total. The Hall–Kier alpha value is -1.39. The fourth-order valence-corrected chi connectivity index (χ4v) is 3.20. The topological polar surface area (TPSA) is 35.6 Å². The molecule has 0 unspecified atom stereocenters. The van der Waals surface area contributed by atoms with Gasteiger partial charge in [0, 0.05) is 44.3 Å². The molecule has 2 rings (SSSR count). The van der Waals surface area contributed by atoms with Gasteiger partial charge in [0.25, 0.3) is 0 Å². The van der Waals surface area contributed by atoms with E-state index in [4.69, 9.17) is 0 Å². The third kappa shape index (κ3) is 4.29. The first-order chi connectivity index (χ1) is 9.99. The van der Waals surface area contributed by atoms with E-state index in [1.54, 1.807) is 6.92 Å². The summed E-state index contributed by atoms with van der Waals surface area (Å²) in [6.45, 7) is 12.7. The van der Waals surface area contributed by atoms with E-state index in [9.17, 15) is 4.79 Å². The van der Waals surface area contributed by atoms with Gasteiger partial charge in [0.2, 0.25) is 5.91 Å². The predicted octanol–water partition coefficient (Wildman–Crippen LogP) is 2.56. The highest BCUT2D eigenvalue weighted by molar-refractivity contribution is 5.88. The van der Waals surface area contributed by atoms with Crippen LogP contribution < -0.4 is 5.32 Å². The van der Waals surface area contributed by atoms with Crippen molar-refractivity contribution in [1.29, 1.82) is 0 Å². The van der Waals surface area contributed by atoms with Crippen molar-refractivity contribution < 1.29 is 4.79 Å². The Labute approximate surface area is 128 Å². The number of anilines is 1. The molecule has 0 spiro atoms. The number of likely N-dealkylation sites (N-methyl/N-ethyl adjacent to an activating group) is 1. The number of nitrogens with zero attached hydrogens (tertiary/aromatic N) is 2. The highest BCUT2D eigenvalue weighted by Gasteiger charge is 2.28. The second-order valence-corrected chi connectivity index (χ2v) is 6.10. The van der Waals surface area contributed by atoms with E-state index in [1.165, 1.54) is 5.56 Å². The number of carbonyl (C=O) groups excluding carboxylic acids is 1. The monoisotopic (exact) mass is 289 g/mol. The normalized spacial score (nSPS) is 24.0. The van der Waals surface area contributed by atoms with Gasteiger partial charge >= 0.3 is 0 Å². The third-order valence-electron chi connectivity index (χ3n) is 4.24. The van der Waals surface area contributed by atoms with Crippen LogP contribution >= 0.6 is 0 Å². The number of nitrogens with one attached hydrogen (secondary N) is 1. The number of amides is 1. The summed E-state index contributed by atoms with van der Waals surface area (Å²) in [6.07, 6.45) is 0. The second-order valence-electron chi connectivity index (χ2n) is 6.10. The van der Waals surface area contributed by atoms with Crippen LogP contribution in [0, 0.1) is 0 Å². The van der Waals surface area contributed by atoms with Gasteiger partial charge in [-0.1, -0.05) is 19.1 Å². The standard InChI is InChI=1S/C17H27N3O/c1-5-19-10-13(2)20(14(3)11-19)12-16-7-6-8-17(9-16)18-15(4)21/h6-9,13-14H,5,10-12H2,1-4H3,(H,18,21)/t13-,14+. The Morgan fingerprint density at radius 1 is 1.29 bits per heavy atom. The number of piperazine rings is 1. The molecule has 1 aromatic rings. The Morgan fingerprint density at radius 3 is 2.52 bits per heavy atom. The summed E-state index contributed by atoms with van der Waals surface area (Å²) < 4.78 is 0. The molecule has 1 N–H and O–H groups in total. The zero-order chi connectivity index (χ0) is 15.4. The minimum atomic E-state index is -0.0227. The van der Waals surface area contributed by atoms with Crippen molar-refractivity contribution in [2.75, 3.05) is 25.0 Å². The molecule has 0 saturated carbocycles. The highest BCUT2D eigenvalue weighted by atomic mass is 16.1. The first-order valence-corrected chi connectivity index (χ1v) is 7.84. The molecule has 0 radical (unpaired) electrons. The van der Waals surface area contributed by atoms with Gasteiger partial charge in [0.1, 0.15) is 0 Å². The molecule has 0 aliphatic carbocycles. The SMILES string of the molecule is CCN1C[C@@H](C)N(Cc2cccc(NC(C)=O)c2)[C@@H](C)C1. The Balaban J connectivity index is 2.05. The summed E-state index contributed by atoms with van der Waals surface area (Å²) in [5, 5.41) is 2.86. The highest BCUT2D eigenvalue weighted by Crippen LogP contribution is 2.20. The summed E-state index contributed by atoms with van der Waals surface area (Å²) in [7, 11) is 0. The van der Waals surface area contributed by atoms with Gasteiger partial charge in [-0.2, -0.15) is 0 Å². The van der Waals surface area contributed by atoms with E-state index < -0.39 is 0 Å². The van der Waals surface area contributed by atoms with Gasteiger partial charge < -0.3 is 10.2 Å². The Bertz CT molecular complexity index is 477. The van der Waals surface area contributed by atoms with E-state index in [2.05, 4.69) is 48.0 Å². The van der Waals surface area contributed by atoms with Crippen molar-refractivity contribution in [1.82, 2.24) is 9.80 Å². The lowest BCUT2D eigenvalue weighted by atomic mass is 10.1. The summed E-state index contributed by atoms with van der Waals surface area (Å²) >= 11 is 0. The van der Waals surface area contributed by atoms with Crippen molar-refractivity contribution in [2.24, 2.45) is 0 Å². The zero-order valence-electron chi connectivity index (χ0n) is 13.6. The molecule has 0 bridgehead atoms. The predicted molar refractivity (Wildman–Crippen MR) is 87.3 cm³/mol. The molecule has 1 amide bonds. The number of hydrogen-bond acceptors (Lipinski definition) is 3. The zero-order valence-corrected chi connectivity index (χ0v) is 13.6. The summed E-state index contributed by atoms with van der Waals surface area (Å²) in [6, 6.07) is 9.27. The maximum atomic E-state index is 11.2. The van der Waals surface area contributed by atoms with E-state index in [1.807, 2.05) is 12.1 Å². The van der Waals surface area contributed by atoms with Crippen LogP contribution in [0.2, 0.25) is 0 Å². The third-order valence-corrected chi connectivity index (χ3v) is 4.24. The summed E-state index contributed by atoms with van der Waals surface area (Å²) in [4.78, 5) is 16.2. The van der Waals surface area contributed by atoms with Crippen molar-refractivity contribution in [2.45, 2.75) is 46.3 Å². The van der Waals surface area contributed by atoms with Gasteiger partial charge in [-0.15, -0.1) is 0 Å². The first-order valence-electron chi connectivity index (χ1n) is 7.84. The molecule has 2 atom stereocenters. The van der Waals surface area contributed by atoms with Gasteiger partial charge in [-0.3, -0.25) is 9.69 Å². The molecule has 1 aliphatic rings. The molecular formula is C17H27N3O. The molecule has 1 fully saturated rings. The molecular weight excluding hydrogens is 262 g/mol. The lowest BCUT2D eigenvalue weighted by molar-refractivity contribution is -0.114. The minimum Gasteiger partial charge on any atom is -0.326 e. The molecule has 1 saturated heterocycles. The number of benzene rings is 1. The number of carbonyl (C=O) groups is 1. The van der Waals surface area contributed by atoms with E-state index in [0.717, 1.165) is 31.9 Å². The second kappa shape index (κ2) is 7.05. The summed E-state index contributed by atoms with van der Waals surface area (Å²) in [5.41, 5.74) is 2.14. The fraction of sp³-hybridized carbons (Fsp3) is 0.588. The van der Waals surface area contributed by atoms with Gasteiger partial charge in [-0.05, 0) is 38.1 Å². The van der Waals surface area contributed by atoms with Crippen molar-refractivity contribution in [3.8, 4) is 0 Å². The van der Waals surface area contributed by atoms with Crippen LogP contribution in [-0.4, -0.2) is 47.4 Å². The molecule has 1 aromatic carbocycles. The van der Waals surface area contributed by atoms with Crippen LogP contribution in [0.25, 0.3) is 0 Å². The largest absolute Gasteiger partial charge is 0.326 e. The van der Waals surface area contributed by atoms with Gasteiger partial charge in [-0.25, -0.2) is 0 Å². The van der Waals surface area contributed by atoms with Crippen molar-refractivity contribution in [3.63, 3.8) is 0 Å². The lowest BCUT2D eigenvalue weighted by Crippen LogP contribution is -2.55. The average molecular weight is 289 g/mol. The van der Waals surface area contributed by atoms with Crippen LogP contribution in [0.3, 0.4) is 0 Å². The van der Waals surface area contributed by atoms with Gasteiger partial charge in [0.15, 0.2) is 0 Å². The minimum absolute atomic E-state index is 0.0227. The molecule has 116 valence electrons. The summed E-state index contributed by atoms with van der Waals surface area (Å²) in [5.74, 6) is -0.0227. The van der Waals surface area contributed by atoms with Crippen LogP contribution in [-0.2, 0) is 11.3 Å². The van der Waals surface area contributed by atoms with Crippen LogP contribution in [0.4, 0.5) is 5.69 Å². The molecule has 21 heavy (non-hydrogen) atoms. The van der Waals surface area contributed by atoms with Crippen molar-refractivity contribution >= 4 is 11.6 Å². The molecule has 4 heteroatoms. The quantitative estimate of drug-likeness (QED) is 0.925. The Kier molecular flexibility index (Phi) is 5.37. The van der Waals surface area contributed by atoms with E-state index >= 15 is 0 Å².